The molecular formula is C16H25FN2. The number of halogens is 1. The van der Waals surface area contributed by atoms with Crippen LogP contribution in [0.15, 0.2) is 18.2 Å². The van der Waals surface area contributed by atoms with E-state index in [0.717, 1.165) is 43.5 Å². The fraction of sp³-hybridized carbons (Fsp3) is 0.625. The zero-order valence-electron chi connectivity index (χ0n) is 12.2. The molecule has 0 aromatic heterocycles. The van der Waals surface area contributed by atoms with Crippen molar-refractivity contribution in [2.75, 3.05) is 11.4 Å². The minimum Gasteiger partial charge on any atom is -0.364 e. The summed E-state index contributed by atoms with van der Waals surface area (Å²) in [6, 6.07) is 5.47. The lowest BCUT2D eigenvalue weighted by Gasteiger charge is -2.35. The molecule has 3 heteroatoms. The quantitative estimate of drug-likeness (QED) is 0.902. The van der Waals surface area contributed by atoms with Gasteiger partial charge >= 0.3 is 0 Å². The molecule has 2 nitrogen and oxygen atoms in total. The summed E-state index contributed by atoms with van der Waals surface area (Å²) in [6.07, 6.45) is 3.90. The van der Waals surface area contributed by atoms with Crippen LogP contribution in [0.5, 0.6) is 0 Å². The third-order valence-corrected chi connectivity index (χ3v) is 4.25. The molecule has 1 atom stereocenters. The Hall–Kier alpha value is -1.09. The van der Waals surface area contributed by atoms with Crippen LogP contribution in [0.4, 0.5) is 10.1 Å². The molecule has 19 heavy (non-hydrogen) atoms. The Morgan fingerprint density at radius 3 is 2.74 bits per heavy atom. The van der Waals surface area contributed by atoms with Crippen molar-refractivity contribution in [2.45, 2.75) is 58.0 Å². The third kappa shape index (κ3) is 2.92. The molecule has 106 valence electrons. The van der Waals surface area contributed by atoms with E-state index in [2.05, 4.69) is 25.7 Å². The SMILES string of the molecule is CCC(N)Cc1cccc(F)c1N1CCCC1(C)C. The van der Waals surface area contributed by atoms with Crippen LogP contribution in [-0.2, 0) is 6.42 Å². The number of anilines is 1. The summed E-state index contributed by atoms with van der Waals surface area (Å²) in [5, 5.41) is 0. The Morgan fingerprint density at radius 2 is 2.16 bits per heavy atom. The van der Waals surface area contributed by atoms with Crippen LogP contribution in [0.25, 0.3) is 0 Å². The van der Waals surface area contributed by atoms with Crippen molar-refractivity contribution in [1.29, 1.82) is 0 Å². The number of para-hydroxylation sites is 1. The molecule has 0 amide bonds. The van der Waals surface area contributed by atoms with Gasteiger partial charge in [-0.3, -0.25) is 0 Å². The summed E-state index contributed by atoms with van der Waals surface area (Å²) in [5.74, 6) is -0.115. The van der Waals surface area contributed by atoms with Crippen molar-refractivity contribution in [3.05, 3.63) is 29.6 Å². The molecule has 1 heterocycles. The highest BCUT2D eigenvalue weighted by molar-refractivity contribution is 5.57. The van der Waals surface area contributed by atoms with Crippen molar-refractivity contribution in [3.63, 3.8) is 0 Å². The Bertz CT molecular complexity index is 442. The molecule has 0 bridgehead atoms. The second-order valence-electron chi connectivity index (χ2n) is 6.19. The van der Waals surface area contributed by atoms with Gasteiger partial charge in [0.2, 0.25) is 0 Å². The van der Waals surface area contributed by atoms with Crippen molar-refractivity contribution in [1.82, 2.24) is 0 Å². The van der Waals surface area contributed by atoms with Crippen LogP contribution in [-0.4, -0.2) is 18.1 Å². The third-order valence-electron chi connectivity index (χ3n) is 4.25. The Labute approximate surface area is 115 Å². The predicted molar refractivity (Wildman–Crippen MR) is 79.0 cm³/mol. The Kier molecular flexibility index (Phi) is 4.14. The van der Waals surface area contributed by atoms with Crippen molar-refractivity contribution in [3.8, 4) is 0 Å². The summed E-state index contributed by atoms with van der Waals surface area (Å²) >= 11 is 0. The summed E-state index contributed by atoms with van der Waals surface area (Å²) in [4.78, 5) is 2.22. The first-order chi connectivity index (χ1) is 8.95. The van der Waals surface area contributed by atoms with Gasteiger partial charge < -0.3 is 10.6 Å². The number of hydrogen-bond acceptors (Lipinski definition) is 2. The highest BCUT2D eigenvalue weighted by Gasteiger charge is 2.34. The van der Waals surface area contributed by atoms with Crippen LogP contribution in [0, 0.1) is 5.82 Å². The first kappa shape index (κ1) is 14.3. The lowest BCUT2D eigenvalue weighted by atomic mass is 9.97. The minimum atomic E-state index is -0.115. The van der Waals surface area contributed by atoms with Gasteiger partial charge in [0.25, 0.3) is 0 Å². The molecule has 1 aliphatic rings. The molecule has 1 aliphatic heterocycles. The molecule has 0 radical (unpaired) electrons. The van der Waals surface area contributed by atoms with E-state index >= 15 is 0 Å². The van der Waals surface area contributed by atoms with Gasteiger partial charge in [-0.2, -0.15) is 0 Å². The molecule has 2 rings (SSSR count). The van der Waals surface area contributed by atoms with Gasteiger partial charge in [-0.25, -0.2) is 4.39 Å². The molecule has 1 unspecified atom stereocenters. The number of hydrogen-bond donors (Lipinski definition) is 1. The van der Waals surface area contributed by atoms with Crippen LogP contribution in [0.3, 0.4) is 0 Å². The second-order valence-corrected chi connectivity index (χ2v) is 6.19. The molecule has 1 saturated heterocycles. The van der Waals surface area contributed by atoms with E-state index in [1.807, 2.05) is 6.07 Å². The summed E-state index contributed by atoms with van der Waals surface area (Å²) < 4.78 is 14.3. The van der Waals surface area contributed by atoms with Gasteiger partial charge in [0.05, 0.1) is 5.69 Å². The van der Waals surface area contributed by atoms with E-state index in [0.29, 0.717) is 0 Å². The van der Waals surface area contributed by atoms with Crippen molar-refractivity contribution >= 4 is 5.69 Å². The fourth-order valence-corrected chi connectivity index (χ4v) is 2.98. The van der Waals surface area contributed by atoms with Gasteiger partial charge in [0, 0.05) is 18.1 Å². The molecule has 2 N–H and O–H groups in total. The van der Waals surface area contributed by atoms with E-state index in [9.17, 15) is 4.39 Å². The van der Waals surface area contributed by atoms with Gasteiger partial charge in [-0.15, -0.1) is 0 Å². The highest BCUT2D eigenvalue weighted by atomic mass is 19.1. The molecule has 1 aromatic carbocycles. The van der Waals surface area contributed by atoms with Crippen molar-refractivity contribution < 1.29 is 4.39 Å². The lowest BCUT2D eigenvalue weighted by molar-refractivity contribution is 0.503. The van der Waals surface area contributed by atoms with Gasteiger partial charge in [-0.05, 0) is 51.2 Å². The summed E-state index contributed by atoms with van der Waals surface area (Å²) in [5.41, 5.74) is 7.90. The van der Waals surface area contributed by atoms with Crippen LogP contribution in [0.2, 0.25) is 0 Å². The number of nitrogens with zero attached hydrogens (tertiary/aromatic N) is 1. The zero-order chi connectivity index (χ0) is 14.0. The van der Waals surface area contributed by atoms with Gasteiger partial charge in [-0.1, -0.05) is 19.1 Å². The van der Waals surface area contributed by atoms with Crippen LogP contribution < -0.4 is 10.6 Å². The molecule has 1 fully saturated rings. The standard InChI is InChI=1S/C16H25FN2/c1-4-13(18)11-12-7-5-8-14(17)15(12)19-10-6-9-16(19,2)3/h5,7-8,13H,4,6,9-11,18H2,1-3H3. The van der Waals surface area contributed by atoms with E-state index < -0.39 is 0 Å². The maximum atomic E-state index is 14.3. The van der Waals surface area contributed by atoms with Crippen LogP contribution >= 0.6 is 0 Å². The number of benzene rings is 1. The fourth-order valence-electron chi connectivity index (χ4n) is 2.98. The average Bonchev–Trinajstić information content (AvgIpc) is 2.69. The first-order valence-corrected chi connectivity index (χ1v) is 7.26. The predicted octanol–water partition coefficient (Wildman–Crippen LogP) is 3.48. The van der Waals surface area contributed by atoms with Crippen molar-refractivity contribution in [2.24, 2.45) is 5.73 Å². The molecule has 0 saturated carbocycles. The maximum Gasteiger partial charge on any atom is 0.146 e. The van der Waals surface area contributed by atoms with Crippen LogP contribution in [0.1, 0.15) is 45.6 Å². The van der Waals surface area contributed by atoms with E-state index in [1.165, 1.54) is 0 Å². The van der Waals surface area contributed by atoms with E-state index in [4.69, 9.17) is 5.73 Å². The minimum absolute atomic E-state index is 0.0350. The number of nitrogens with two attached hydrogens (primary N) is 1. The molecule has 0 aliphatic carbocycles. The van der Waals surface area contributed by atoms with Gasteiger partial charge in [0.15, 0.2) is 0 Å². The molecule has 0 spiro atoms. The summed E-state index contributed by atoms with van der Waals surface area (Å²) in [6.45, 7) is 7.39. The van der Waals surface area contributed by atoms with Gasteiger partial charge in [0.1, 0.15) is 5.82 Å². The maximum absolute atomic E-state index is 14.3. The molecule has 1 aromatic rings. The average molecular weight is 264 g/mol. The lowest BCUT2D eigenvalue weighted by Crippen LogP contribution is -2.39. The first-order valence-electron chi connectivity index (χ1n) is 7.26. The monoisotopic (exact) mass is 264 g/mol. The highest BCUT2D eigenvalue weighted by Crippen LogP contribution is 2.37. The zero-order valence-corrected chi connectivity index (χ0v) is 12.2. The normalized spacial score (nSPS) is 19.7. The van der Waals surface area contributed by atoms with E-state index in [-0.39, 0.29) is 17.4 Å². The number of rotatable bonds is 4. The topological polar surface area (TPSA) is 29.3 Å². The smallest absolute Gasteiger partial charge is 0.146 e. The second kappa shape index (κ2) is 5.49. The Balaban J connectivity index is 2.38. The molecular weight excluding hydrogens is 239 g/mol. The van der Waals surface area contributed by atoms with E-state index in [1.54, 1.807) is 12.1 Å². The largest absolute Gasteiger partial charge is 0.364 e. The summed E-state index contributed by atoms with van der Waals surface area (Å²) in [7, 11) is 0. The Morgan fingerprint density at radius 1 is 1.42 bits per heavy atom.